The Kier molecular flexibility index (Phi) is 5.14. The third-order valence-corrected chi connectivity index (χ3v) is 4.46. The highest BCUT2D eigenvalue weighted by Gasteiger charge is 2.48. The maximum atomic E-state index is 14.1. The number of rotatable bonds is 4. The van der Waals surface area contributed by atoms with Crippen molar-refractivity contribution in [3.05, 3.63) is 34.1 Å². The molecule has 1 atom stereocenters. The standard InChI is InChI=1S/C16H18BrFO3/c1-2-21-15(20)16(8-4-3-5-14(16)19)10-11-6-7-12(17)9-13(11)18/h6-7,9H,2-5,8,10H2,1H3. The van der Waals surface area contributed by atoms with Crippen molar-refractivity contribution in [2.24, 2.45) is 5.41 Å². The van der Waals surface area contributed by atoms with E-state index in [1.807, 2.05) is 0 Å². The summed E-state index contributed by atoms with van der Waals surface area (Å²) in [6, 6.07) is 4.67. The topological polar surface area (TPSA) is 43.4 Å². The Morgan fingerprint density at radius 1 is 1.43 bits per heavy atom. The number of benzene rings is 1. The summed E-state index contributed by atoms with van der Waals surface area (Å²) in [7, 11) is 0. The van der Waals surface area contributed by atoms with Gasteiger partial charge in [-0.15, -0.1) is 0 Å². The molecule has 0 radical (unpaired) electrons. The van der Waals surface area contributed by atoms with Crippen molar-refractivity contribution in [2.45, 2.75) is 39.0 Å². The molecular weight excluding hydrogens is 339 g/mol. The number of ketones is 1. The Morgan fingerprint density at radius 2 is 2.19 bits per heavy atom. The quantitative estimate of drug-likeness (QED) is 0.608. The van der Waals surface area contributed by atoms with Gasteiger partial charge < -0.3 is 4.74 Å². The van der Waals surface area contributed by atoms with Crippen LogP contribution in [0.3, 0.4) is 0 Å². The fourth-order valence-electron chi connectivity index (χ4n) is 2.83. The molecule has 0 amide bonds. The fourth-order valence-corrected chi connectivity index (χ4v) is 3.16. The van der Waals surface area contributed by atoms with Gasteiger partial charge in [0.2, 0.25) is 0 Å². The maximum Gasteiger partial charge on any atom is 0.319 e. The lowest BCUT2D eigenvalue weighted by Crippen LogP contribution is -2.44. The summed E-state index contributed by atoms with van der Waals surface area (Å²) >= 11 is 3.20. The fraction of sp³-hybridized carbons (Fsp3) is 0.500. The third kappa shape index (κ3) is 3.34. The second-order valence-electron chi connectivity index (χ2n) is 5.35. The number of esters is 1. The Morgan fingerprint density at radius 3 is 2.81 bits per heavy atom. The lowest BCUT2D eigenvalue weighted by Gasteiger charge is -2.33. The number of hydrogen-bond acceptors (Lipinski definition) is 3. The number of ether oxygens (including phenoxy) is 1. The zero-order valence-corrected chi connectivity index (χ0v) is 13.5. The normalized spacial score (nSPS) is 22.1. The first kappa shape index (κ1) is 16.1. The minimum atomic E-state index is -1.22. The summed E-state index contributed by atoms with van der Waals surface area (Å²) < 4.78 is 19.8. The first-order valence-electron chi connectivity index (χ1n) is 7.14. The molecule has 21 heavy (non-hydrogen) atoms. The Hall–Kier alpha value is -1.23. The molecule has 0 saturated heterocycles. The van der Waals surface area contributed by atoms with Gasteiger partial charge in [0.05, 0.1) is 6.61 Å². The van der Waals surface area contributed by atoms with E-state index in [4.69, 9.17) is 4.74 Å². The second kappa shape index (κ2) is 6.69. The summed E-state index contributed by atoms with van der Waals surface area (Å²) in [4.78, 5) is 24.7. The van der Waals surface area contributed by atoms with Crippen molar-refractivity contribution in [3.63, 3.8) is 0 Å². The highest BCUT2D eigenvalue weighted by Crippen LogP contribution is 2.38. The average molecular weight is 357 g/mol. The van der Waals surface area contributed by atoms with E-state index in [0.717, 1.165) is 12.8 Å². The Balaban J connectivity index is 2.35. The van der Waals surface area contributed by atoms with Gasteiger partial charge in [-0.1, -0.05) is 28.4 Å². The molecule has 0 N–H and O–H groups in total. The van der Waals surface area contributed by atoms with Crippen LogP contribution in [0.1, 0.15) is 38.2 Å². The van der Waals surface area contributed by atoms with E-state index in [1.165, 1.54) is 6.07 Å². The van der Waals surface area contributed by atoms with Crippen LogP contribution in [0.15, 0.2) is 22.7 Å². The molecule has 0 bridgehead atoms. The van der Waals surface area contributed by atoms with Crippen LogP contribution in [0.4, 0.5) is 4.39 Å². The van der Waals surface area contributed by atoms with Crippen LogP contribution < -0.4 is 0 Å². The van der Waals surface area contributed by atoms with Crippen LogP contribution >= 0.6 is 15.9 Å². The van der Waals surface area contributed by atoms with Gasteiger partial charge in [0.15, 0.2) is 5.78 Å². The lowest BCUT2D eigenvalue weighted by atomic mass is 9.69. The van der Waals surface area contributed by atoms with Crippen molar-refractivity contribution in [3.8, 4) is 0 Å². The molecule has 5 heteroatoms. The predicted octanol–water partition coefficient (Wildman–Crippen LogP) is 3.82. The van der Waals surface area contributed by atoms with Crippen molar-refractivity contribution < 1.29 is 18.7 Å². The molecule has 0 aliphatic heterocycles. The van der Waals surface area contributed by atoms with Gasteiger partial charge in [-0.2, -0.15) is 0 Å². The van der Waals surface area contributed by atoms with Crippen LogP contribution in [0.5, 0.6) is 0 Å². The van der Waals surface area contributed by atoms with E-state index in [-0.39, 0.29) is 18.8 Å². The van der Waals surface area contributed by atoms with Gasteiger partial charge in [0.1, 0.15) is 11.2 Å². The molecule has 1 fully saturated rings. The van der Waals surface area contributed by atoms with Gasteiger partial charge >= 0.3 is 5.97 Å². The molecule has 0 heterocycles. The second-order valence-corrected chi connectivity index (χ2v) is 6.26. The van der Waals surface area contributed by atoms with Crippen molar-refractivity contribution in [1.82, 2.24) is 0 Å². The van der Waals surface area contributed by atoms with Crippen LogP contribution in [0.25, 0.3) is 0 Å². The van der Waals surface area contributed by atoms with Crippen LogP contribution in [0, 0.1) is 11.2 Å². The molecule has 0 spiro atoms. The minimum absolute atomic E-state index is 0.0732. The maximum absolute atomic E-state index is 14.1. The molecule has 114 valence electrons. The van der Waals surface area contributed by atoms with Crippen molar-refractivity contribution in [2.75, 3.05) is 6.61 Å². The highest BCUT2D eigenvalue weighted by molar-refractivity contribution is 9.10. The predicted molar refractivity (Wildman–Crippen MR) is 80.3 cm³/mol. The first-order valence-corrected chi connectivity index (χ1v) is 7.93. The SMILES string of the molecule is CCOC(=O)C1(Cc2ccc(Br)cc2F)CCCCC1=O. The molecular formula is C16H18BrFO3. The molecule has 1 aromatic rings. The van der Waals surface area contributed by atoms with E-state index in [2.05, 4.69) is 15.9 Å². The lowest BCUT2D eigenvalue weighted by molar-refractivity contribution is -0.162. The molecule has 1 aliphatic rings. The van der Waals surface area contributed by atoms with Crippen molar-refractivity contribution >= 4 is 27.7 Å². The summed E-state index contributed by atoms with van der Waals surface area (Å²) in [5, 5.41) is 0. The van der Waals surface area contributed by atoms with Crippen LogP contribution in [0.2, 0.25) is 0 Å². The molecule has 1 saturated carbocycles. The summed E-state index contributed by atoms with van der Waals surface area (Å²) in [5.74, 6) is -1.06. The molecule has 3 nitrogen and oxygen atoms in total. The molecule has 2 rings (SSSR count). The number of carbonyl (C=O) groups excluding carboxylic acids is 2. The highest BCUT2D eigenvalue weighted by atomic mass is 79.9. The Bertz CT molecular complexity index is 558. The zero-order chi connectivity index (χ0) is 15.5. The van der Waals surface area contributed by atoms with Crippen molar-refractivity contribution in [1.29, 1.82) is 0 Å². The van der Waals surface area contributed by atoms with Crippen LogP contribution in [-0.2, 0) is 20.7 Å². The zero-order valence-electron chi connectivity index (χ0n) is 12.0. The monoisotopic (exact) mass is 356 g/mol. The number of halogens is 2. The minimum Gasteiger partial charge on any atom is -0.465 e. The van der Waals surface area contributed by atoms with Gasteiger partial charge in [0, 0.05) is 10.9 Å². The van der Waals surface area contributed by atoms with Gasteiger partial charge in [-0.05, 0) is 43.9 Å². The largest absolute Gasteiger partial charge is 0.465 e. The third-order valence-electron chi connectivity index (χ3n) is 3.96. The average Bonchev–Trinajstić information content (AvgIpc) is 2.44. The van der Waals surface area contributed by atoms with Crippen LogP contribution in [-0.4, -0.2) is 18.4 Å². The van der Waals surface area contributed by atoms with E-state index >= 15 is 0 Å². The first-order chi connectivity index (χ1) is 9.99. The summed E-state index contributed by atoms with van der Waals surface area (Å²) in [6.07, 6.45) is 2.42. The smallest absolute Gasteiger partial charge is 0.319 e. The van der Waals surface area contributed by atoms with Gasteiger partial charge in [0.25, 0.3) is 0 Å². The van der Waals surface area contributed by atoms with E-state index in [1.54, 1.807) is 19.1 Å². The molecule has 0 aromatic heterocycles. The molecule has 1 aromatic carbocycles. The number of Topliss-reactive ketones (excluding diaryl/α,β-unsaturated/α-hetero) is 1. The summed E-state index contributed by atoms with van der Waals surface area (Å²) in [5.41, 5.74) is -0.843. The molecule has 1 unspecified atom stereocenters. The van der Waals surface area contributed by atoms with E-state index in [9.17, 15) is 14.0 Å². The van der Waals surface area contributed by atoms with Gasteiger partial charge in [-0.25, -0.2) is 4.39 Å². The van der Waals surface area contributed by atoms with E-state index in [0.29, 0.717) is 22.9 Å². The Labute approximate surface area is 132 Å². The van der Waals surface area contributed by atoms with Gasteiger partial charge in [-0.3, -0.25) is 9.59 Å². The summed E-state index contributed by atoms with van der Waals surface area (Å²) in [6.45, 7) is 1.93. The van der Waals surface area contributed by atoms with E-state index < -0.39 is 17.2 Å². The number of hydrogen-bond donors (Lipinski definition) is 0. The molecule has 1 aliphatic carbocycles. The number of carbonyl (C=O) groups is 2.